The van der Waals surface area contributed by atoms with Gasteiger partial charge < -0.3 is 4.84 Å². The normalized spacial score (nSPS) is 14.3. The van der Waals surface area contributed by atoms with Crippen LogP contribution in [-0.4, -0.2) is 37.8 Å². The molecule has 0 unspecified atom stereocenters. The maximum absolute atomic E-state index is 13.6. The molecule has 0 N–H and O–H groups in total. The number of imide groups is 1. The highest BCUT2D eigenvalue weighted by Gasteiger charge is 2.33. The quantitative estimate of drug-likeness (QED) is 0.768. The predicted octanol–water partition coefficient (Wildman–Crippen LogP) is 0.825. The topological polar surface area (TPSA) is 94.4 Å². The van der Waals surface area contributed by atoms with Crippen molar-refractivity contribution in [3.8, 4) is 0 Å². The first-order valence-corrected chi connectivity index (χ1v) is 6.87. The lowest BCUT2D eigenvalue weighted by molar-refractivity contribution is -0.172. The molecule has 0 saturated carbocycles. The van der Waals surface area contributed by atoms with Crippen LogP contribution in [0.15, 0.2) is 24.4 Å². The van der Waals surface area contributed by atoms with E-state index in [-0.39, 0.29) is 30.6 Å². The molecule has 124 valence electrons. The summed E-state index contributed by atoms with van der Waals surface area (Å²) in [5.74, 6) is -3.85. The minimum atomic E-state index is -1.07. The molecule has 2 amide bonds. The summed E-state index contributed by atoms with van der Waals surface area (Å²) in [5.41, 5.74) is -0.550. The van der Waals surface area contributed by atoms with Gasteiger partial charge in [0.25, 0.3) is 11.8 Å². The van der Waals surface area contributed by atoms with Gasteiger partial charge in [-0.25, -0.2) is 18.3 Å². The molecule has 1 saturated heterocycles. The van der Waals surface area contributed by atoms with Crippen LogP contribution in [-0.2, 0) is 21.0 Å². The highest BCUT2D eigenvalue weighted by molar-refractivity contribution is 6.02. The van der Waals surface area contributed by atoms with Gasteiger partial charge in [-0.1, -0.05) is 11.3 Å². The molecular formula is C14H10F2N4O4. The number of hydrogen-bond acceptors (Lipinski definition) is 6. The number of nitrogens with zero attached hydrogens (tertiary/aromatic N) is 4. The fourth-order valence-electron chi connectivity index (χ4n) is 2.10. The van der Waals surface area contributed by atoms with E-state index in [1.54, 1.807) is 0 Å². The van der Waals surface area contributed by atoms with E-state index >= 15 is 0 Å². The molecule has 10 heteroatoms. The van der Waals surface area contributed by atoms with Crippen molar-refractivity contribution in [3.63, 3.8) is 0 Å². The van der Waals surface area contributed by atoms with Crippen LogP contribution in [0.4, 0.5) is 8.78 Å². The summed E-state index contributed by atoms with van der Waals surface area (Å²) in [7, 11) is 0. The Morgan fingerprint density at radius 3 is 2.42 bits per heavy atom. The average molecular weight is 336 g/mol. The second-order valence-electron chi connectivity index (χ2n) is 4.96. The van der Waals surface area contributed by atoms with Crippen molar-refractivity contribution in [2.75, 3.05) is 0 Å². The van der Waals surface area contributed by atoms with Gasteiger partial charge >= 0.3 is 5.97 Å². The summed E-state index contributed by atoms with van der Waals surface area (Å²) in [6.45, 7) is -0.291. The lowest BCUT2D eigenvalue weighted by Gasteiger charge is -2.10. The molecule has 1 aliphatic heterocycles. The number of hydroxylamine groups is 2. The Labute approximate surface area is 133 Å². The molecule has 1 fully saturated rings. The number of rotatable bonds is 4. The molecule has 24 heavy (non-hydrogen) atoms. The lowest BCUT2D eigenvalue weighted by atomic mass is 10.2. The van der Waals surface area contributed by atoms with E-state index in [2.05, 4.69) is 15.1 Å². The number of aromatic nitrogens is 3. The number of hydrogen-bond donors (Lipinski definition) is 0. The lowest BCUT2D eigenvalue weighted by Crippen LogP contribution is -2.32. The van der Waals surface area contributed by atoms with E-state index < -0.39 is 29.4 Å². The molecule has 8 nitrogen and oxygen atoms in total. The predicted molar refractivity (Wildman–Crippen MR) is 72.0 cm³/mol. The van der Waals surface area contributed by atoms with Crippen molar-refractivity contribution in [3.05, 3.63) is 47.3 Å². The van der Waals surface area contributed by atoms with Crippen LogP contribution in [0.25, 0.3) is 0 Å². The van der Waals surface area contributed by atoms with Crippen LogP contribution >= 0.6 is 0 Å². The van der Waals surface area contributed by atoms with Crippen molar-refractivity contribution in [2.24, 2.45) is 0 Å². The molecule has 3 rings (SSSR count). The zero-order chi connectivity index (χ0) is 17.3. The Balaban J connectivity index is 1.72. The number of benzene rings is 1. The van der Waals surface area contributed by atoms with E-state index in [9.17, 15) is 23.2 Å². The minimum absolute atomic E-state index is 0.0363. The second kappa shape index (κ2) is 6.14. The van der Waals surface area contributed by atoms with Gasteiger partial charge in [0.2, 0.25) is 0 Å². The highest BCUT2D eigenvalue weighted by atomic mass is 19.1. The van der Waals surface area contributed by atoms with Gasteiger partial charge in [0.15, 0.2) is 5.69 Å². The van der Waals surface area contributed by atoms with Gasteiger partial charge in [-0.05, 0) is 12.1 Å². The molecule has 0 radical (unpaired) electrons. The van der Waals surface area contributed by atoms with Crippen molar-refractivity contribution < 1.29 is 28.0 Å². The van der Waals surface area contributed by atoms with E-state index in [1.807, 2.05) is 0 Å². The molecular weight excluding hydrogens is 326 g/mol. The molecule has 0 aliphatic carbocycles. The standard InChI is InChI=1S/C14H10F2N4O4/c15-9-2-1-3-10(16)8(9)6-19-7-11(17-18-19)14(23)24-20-12(21)4-5-13(20)22/h1-3,7H,4-6H2. The second-order valence-corrected chi connectivity index (χ2v) is 4.96. The summed E-state index contributed by atoms with van der Waals surface area (Å²) in [6, 6.07) is 3.41. The summed E-state index contributed by atoms with van der Waals surface area (Å²) < 4.78 is 28.2. The monoisotopic (exact) mass is 336 g/mol. The Bertz CT molecular complexity index is 800. The van der Waals surface area contributed by atoms with Gasteiger partial charge in [-0.15, -0.1) is 10.2 Å². The summed E-state index contributed by atoms with van der Waals surface area (Å²) in [4.78, 5) is 39.3. The van der Waals surface area contributed by atoms with Gasteiger partial charge in [0, 0.05) is 18.4 Å². The molecule has 2 heterocycles. The molecule has 0 atom stereocenters. The van der Waals surface area contributed by atoms with Crippen LogP contribution in [0.3, 0.4) is 0 Å². The largest absolute Gasteiger partial charge is 0.385 e. The molecule has 0 spiro atoms. The Hall–Kier alpha value is -3.17. The maximum atomic E-state index is 13.6. The third-order valence-electron chi connectivity index (χ3n) is 3.31. The van der Waals surface area contributed by atoms with Gasteiger partial charge in [0.1, 0.15) is 11.6 Å². The first-order chi connectivity index (χ1) is 11.5. The first kappa shape index (κ1) is 15.7. The van der Waals surface area contributed by atoms with Crippen LogP contribution in [0.5, 0.6) is 0 Å². The van der Waals surface area contributed by atoms with Crippen LogP contribution in [0.2, 0.25) is 0 Å². The summed E-state index contributed by atoms with van der Waals surface area (Å²) >= 11 is 0. The number of amides is 2. The van der Waals surface area contributed by atoms with Crippen LogP contribution < -0.4 is 0 Å². The van der Waals surface area contributed by atoms with E-state index in [1.165, 1.54) is 6.07 Å². The molecule has 1 aromatic carbocycles. The van der Waals surface area contributed by atoms with Crippen molar-refractivity contribution in [1.29, 1.82) is 0 Å². The maximum Gasteiger partial charge on any atom is 0.385 e. The Morgan fingerprint density at radius 2 is 1.79 bits per heavy atom. The third kappa shape index (κ3) is 2.98. The van der Waals surface area contributed by atoms with Crippen molar-refractivity contribution in [2.45, 2.75) is 19.4 Å². The zero-order valence-electron chi connectivity index (χ0n) is 12.1. The summed E-state index contributed by atoms with van der Waals surface area (Å²) in [6.07, 6.45) is 1.02. The molecule has 1 aromatic heterocycles. The highest BCUT2D eigenvalue weighted by Crippen LogP contribution is 2.15. The van der Waals surface area contributed by atoms with E-state index in [0.717, 1.165) is 23.0 Å². The Kier molecular flexibility index (Phi) is 4.02. The van der Waals surface area contributed by atoms with Crippen molar-refractivity contribution in [1.82, 2.24) is 20.1 Å². The smallest absolute Gasteiger partial charge is 0.323 e. The van der Waals surface area contributed by atoms with Crippen LogP contribution in [0, 0.1) is 11.6 Å². The third-order valence-corrected chi connectivity index (χ3v) is 3.31. The fraction of sp³-hybridized carbons (Fsp3) is 0.214. The van der Waals surface area contributed by atoms with E-state index in [0.29, 0.717) is 5.06 Å². The number of halogens is 2. The summed E-state index contributed by atoms with van der Waals surface area (Å²) in [5, 5.41) is 7.45. The SMILES string of the molecule is O=C(ON1C(=O)CCC1=O)c1cn(Cc2c(F)cccc2F)nn1. The van der Waals surface area contributed by atoms with Crippen molar-refractivity contribution >= 4 is 17.8 Å². The molecule has 0 bridgehead atoms. The molecule has 1 aliphatic rings. The van der Waals surface area contributed by atoms with Gasteiger partial charge in [-0.2, -0.15) is 0 Å². The van der Waals surface area contributed by atoms with Gasteiger partial charge in [-0.3, -0.25) is 9.59 Å². The number of carbonyl (C=O) groups is 3. The fourth-order valence-corrected chi connectivity index (χ4v) is 2.10. The van der Waals surface area contributed by atoms with E-state index in [4.69, 9.17) is 0 Å². The Morgan fingerprint density at radius 1 is 1.17 bits per heavy atom. The van der Waals surface area contributed by atoms with Gasteiger partial charge in [0.05, 0.1) is 12.7 Å². The minimum Gasteiger partial charge on any atom is -0.323 e. The molecule has 2 aromatic rings. The average Bonchev–Trinajstić information content (AvgIpc) is 3.13. The zero-order valence-corrected chi connectivity index (χ0v) is 12.1. The van der Waals surface area contributed by atoms with Crippen LogP contribution in [0.1, 0.15) is 28.9 Å². The number of carbonyl (C=O) groups excluding carboxylic acids is 3. The first-order valence-electron chi connectivity index (χ1n) is 6.87.